The van der Waals surface area contributed by atoms with Crippen LogP contribution in [-0.2, 0) is 13.5 Å². The van der Waals surface area contributed by atoms with E-state index < -0.39 is 6.61 Å². The smallest absolute Gasteiger partial charge is 0.387 e. The molecule has 0 aliphatic heterocycles. The Hall–Kier alpha value is -1.95. The van der Waals surface area contributed by atoms with Gasteiger partial charge in [-0.2, -0.15) is 13.9 Å². The van der Waals surface area contributed by atoms with Crippen LogP contribution in [0.2, 0.25) is 0 Å². The van der Waals surface area contributed by atoms with Gasteiger partial charge in [0.2, 0.25) is 0 Å². The van der Waals surface area contributed by atoms with Crippen molar-refractivity contribution in [1.82, 2.24) is 9.78 Å². The molecule has 2 rings (SSSR count). The first-order chi connectivity index (χ1) is 9.56. The maximum Gasteiger partial charge on any atom is 0.387 e. The molecular weight excluding hydrogens is 264 g/mol. The number of ether oxygens (including phenoxy) is 1. The lowest BCUT2D eigenvalue weighted by Crippen LogP contribution is -2.14. The van der Waals surface area contributed by atoms with Gasteiger partial charge in [-0.15, -0.1) is 0 Å². The van der Waals surface area contributed by atoms with Crippen molar-refractivity contribution < 1.29 is 13.5 Å². The zero-order chi connectivity index (χ0) is 14.5. The van der Waals surface area contributed by atoms with Crippen LogP contribution in [0, 0.1) is 0 Å². The van der Waals surface area contributed by atoms with Gasteiger partial charge in [-0.1, -0.05) is 18.2 Å². The summed E-state index contributed by atoms with van der Waals surface area (Å²) < 4.78 is 30.9. The SMILES string of the molecule is Cn1cc(CCC(N)c2ccccc2OC(F)F)cn1. The molecular formula is C14H17F2N3O. The fraction of sp³-hybridized carbons (Fsp3) is 0.357. The van der Waals surface area contributed by atoms with Gasteiger partial charge in [-0.25, -0.2) is 0 Å². The average molecular weight is 281 g/mol. The van der Waals surface area contributed by atoms with Gasteiger partial charge in [-0.3, -0.25) is 4.68 Å². The molecule has 1 unspecified atom stereocenters. The fourth-order valence-corrected chi connectivity index (χ4v) is 2.07. The minimum absolute atomic E-state index is 0.140. The highest BCUT2D eigenvalue weighted by Gasteiger charge is 2.15. The number of benzene rings is 1. The Bertz CT molecular complexity index is 557. The second-order valence-electron chi connectivity index (χ2n) is 4.58. The van der Waals surface area contributed by atoms with E-state index in [0.29, 0.717) is 12.0 Å². The molecule has 2 N–H and O–H groups in total. The van der Waals surface area contributed by atoms with Crippen molar-refractivity contribution in [3.8, 4) is 5.75 Å². The molecule has 0 aliphatic rings. The van der Waals surface area contributed by atoms with Crippen LogP contribution >= 0.6 is 0 Å². The van der Waals surface area contributed by atoms with E-state index in [1.807, 2.05) is 13.2 Å². The monoisotopic (exact) mass is 281 g/mol. The lowest BCUT2D eigenvalue weighted by atomic mass is 10.0. The second kappa shape index (κ2) is 6.47. The van der Waals surface area contributed by atoms with Crippen molar-refractivity contribution in [1.29, 1.82) is 0 Å². The minimum Gasteiger partial charge on any atom is -0.434 e. The van der Waals surface area contributed by atoms with E-state index in [4.69, 9.17) is 5.73 Å². The van der Waals surface area contributed by atoms with E-state index in [1.54, 1.807) is 29.1 Å². The van der Waals surface area contributed by atoms with Crippen LogP contribution in [0.5, 0.6) is 5.75 Å². The van der Waals surface area contributed by atoms with Crippen molar-refractivity contribution in [2.24, 2.45) is 12.8 Å². The predicted molar refractivity (Wildman–Crippen MR) is 71.5 cm³/mol. The number of rotatable bonds is 6. The lowest BCUT2D eigenvalue weighted by molar-refractivity contribution is -0.0506. The van der Waals surface area contributed by atoms with Crippen LogP contribution in [0.4, 0.5) is 8.78 Å². The molecule has 2 aromatic rings. The Morgan fingerprint density at radius 3 is 2.75 bits per heavy atom. The van der Waals surface area contributed by atoms with E-state index >= 15 is 0 Å². The molecule has 20 heavy (non-hydrogen) atoms. The Morgan fingerprint density at radius 1 is 1.35 bits per heavy atom. The Balaban J connectivity index is 2.03. The van der Waals surface area contributed by atoms with Crippen LogP contribution in [0.3, 0.4) is 0 Å². The number of nitrogens with two attached hydrogens (primary N) is 1. The van der Waals surface area contributed by atoms with Gasteiger partial charge in [-0.05, 0) is 24.5 Å². The number of nitrogens with zero attached hydrogens (tertiary/aromatic N) is 2. The molecule has 0 aliphatic carbocycles. The topological polar surface area (TPSA) is 53.1 Å². The Kier molecular flexibility index (Phi) is 4.68. The third-order valence-electron chi connectivity index (χ3n) is 3.04. The molecule has 0 saturated carbocycles. The van der Waals surface area contributed by atoms with E-state index in [1.165, 1.54) is 6.07 Å². The fourth-order valence-electron chi connectivity index (χ4n) is 2.07. The van der Waals surface area contributed by atoms with Crippen molar-refractivity contribution in [3.05, 3.63) is 47.8 Å². The largest absolute Gasteiger partial charge is 0.434 e. The number of hydrogen-bond donors (Lipinski definition) is 1. The van der Waals surface area contributed by atoms with Crippen molar-refractivity contribution >= 4 is 0 Å². The van der Waals surface area contributed by atoms with Gasteiger partial charge in [0, 0.05) is 24.8 Å². The molecule has 4 nitrogen and oxygen atoms in total. The normalized spacial score (nSPS) is 12.7. The Morgan fingerprint density at radius 2 is 2.10 bits per heavy atom. The lowest BCUT2D eigenvalue weighted by Gasteiger charge is -2.16. The number of hydrogen-bond acceptors (Lipinski definition) is 3. The molecule has 0 fully saturated rings. The minimum atomic E-state index is -2.85. The van der Waals surface area contributed by atoms with Gasteiger partial charge in [0.1, 0.15) is 5.75 Å². The molecule has 1 heterocycles. The highest BCUT2D eigenvalue weighted by molar-refractivity contribution is 5.35. The van der Waals surface area contributed by atoms with Crippen LogP contribution in [0.15, 0.2) is 36.7 Å². The van der Waals surface area contributed by atoms with Crippen LogP contribution in [0.25, 0.3) is 0 Å². The van der Waals surface area contributed by atoms with Gasteiger partial charge >= 0.3 is 6.61 Å². The van der Waals surface area contributed by atoms with E-state index in [0.717, 1.165) is 12.0 Å². The van der Waals surface area contributed by atoms with Crippen molar-refractivity contribution in [3.63, 3.8) is 0 Å². The first-order valence-electron chi connectivity index (χ1n) is 6.33. The van der Waals surface area contributed by atoms with E-state index in [2.05, 4.69) is 9.84 Å². The van der Waals surface area contributed by atoms with Crippen LogP contribution in [0.1, 0.15) is 23.6 Å². The molecule has 1 aromatic carbocycles. The number of alkyl halides is 2. The quantitative estimate of drug-likeness (QED) is 0.885. The first-order valence-corrected chi connectivity index (χ1v) is 6.33. The summed E-state index contributed by atoms with van der Waals surface area (Å²) in [6.45, 7) is -2.85. The average Bonchev–Trinajstić information content (AvgIpc) is 2.82. The first kappa shape index (κ1) is 14.5. The number of halogens is 2. The summed E-state index contributed by atoms with van der Waals surface area (Å²) in [6.07, 6.45) is 5.05. The molecule has 108 valence electrons. The van der Waals surface area contributed by atoms with Gasteiger partial charge in [0.25, 0.3) is 0 Å². The van der Waals surface area contributed by atoms with Gasteiger partial charge in [0.05, 0.1) is 6.20 Å². The summed E-state index contributed by atoms with van der Waals surface area (Å²) in [5, 5.41) is 4.08. The molecule has 0 saturated heterocycles. The summed E-state index contributed by atoms with van der Waals surface area (Å²) in [5.74, 6) is 0.140. The van der Waals surface area contributed by atoms with Crippen molar-refractivity contribution in [2.75, 3.05) is 0 Å². The molecule has 1 atom stereocenters. The molecule has 6 heteroatoms. The third kappa shape index (κ3) is 3.77. The zero-order valence-electron chi connectivity index (χ0n) is 11.2. The molecule has 0 amide bonds. The molecule has 1 aromatic heterocycles. The summed E-state index contributed by atoms with van der Waals surface area (Å²) in [4.78, 5) is 0. The molecule has 0 bridgehead atoms. The van der Waals surface area contributed by atoms with Crippen LogP contribution < -0.4 is 10.5 Å². The third-order valence-corrected chi connectivity index (χ3v) is 3.04. The second-order valence-corrected chi connectivity index (χ2v) is 4.58. The highest BCUT2D eigenvalue weighted by atomic mass is 19.3. The van der Waals surface area contributed by atoms with Gasteiger partial charge < -0.3 is 10.5 Å². The summed E-state index contributed by atoms with van der Waals surface area (Å²) in [7, 11) is 1.84. The maximum absolute atomic E-state index is 12.3. The summed E-state index contributed by atoms with van der Waals surface area (Å²) in [5.41, 5.74) is 7.73. The number of para-hydroxylation sites is 1. The summed E-state index contributed by atoms with van der Waals surface area (Å²) >= 11 is 0. The number of aromatic nitrogens is 2. The zero-order valence-corrected chi connectivity index (χ0v) is 11.2. The predicted octanol–water partition coefficient (Wildman–Crippen LogP) is 2.65. The Labute approximate surface area is 116 Å². The molecule has 0 spiro atoms. The maximum atomic E-state index is 12.3. The summed E-state index contributed by atoms with van der Waals surface area (Å²) in [6, 6.07) is 6.27. The van der Waals surface area contributed by atoms with Gasteiger partial charge in [0.15, 0.2) is 0 Å². The van der Waals surface area contributed by atoms with E-state index in [-0.39, 0.29) is 11.8 Å². The van der Waals surface area contributed by atoms with Crippen LogP contribution in [-0.4, -0.2) is 16.4 Å². The molecule has 0 radical (unpaired) electrons. The number of aryl methyl sites for hydroxylation is 2. The highest BCUT2D eigenvalue weighted by Crippen LogP contribution is 2.27. The van der Waals surface area contributed by atoms with E-state index in [9.17, 15) is 8.78 Å². The van der Waals surface area contributed by atoms with Crippen molar-refractivity contribution in [2.45, 2.75) is 25.5 Å². The standard InChI is InChI=1S/C14H17F2N3O/c1-19-9-10(8-18-19)6-7-12(17)11-4-2-3-5-13(11)20-14(15)16/h2-5,8-9,12,14H,6-7,17H2,1H3.